The lowest BCUT2D eigenvalue weighted by molar-refractivity contribution is 0.0953. The lowest BCUT2D eigenvalue weighted by Crippen LogP contribution is -2.25. The summed E-state index contributed by atoms with van der Waals surface area (Å²) in [6.45, 7) is 0.555. The second-order valence-electron chi connectivity index (χ2n) is 4.21. The molecule has 1 rings (SSSR count). The van der Waals surface area contributed by atoms with E-state index < -0.39 is 0 Å². The largest absolute Gasteiger partial charge is 0.497 e. The summed E-state index contributed by atoms with van der Waals surface area (Å²) in [6, 6.07) is 3.23. The van der Waals surface area contributed by atoms with Crippen LogP contribution in [0.15, 0.2) is 12.1 Å². The summed E-state index contributed by atoms with van der Waals surface area (Å²) in [5, 5.41) is 2.80. The third-order valence-corrected chi connectivity index (χ3v) is 2.85. The minimum absolute atomic E-state index is 0.250. The number of terminal acetylenes is 1. The van der Waals surface area contributed by atoms with Gasteiger partial charge in [-0.25, -0.2) is 0 Å². The molecule has 0 bridgehead atoms. The SMILES string of the molecule is C#CCCCCNC(=O)c1cc(OC)cc(OC)c1N. The van der Waals surface area contributed by atoms with Gasteiger partial charge in [0.25, 0.3) is 5.91 Å². The van der Waals surface area contributed by atoms with Gasteiger partial charge in [0.05, 0.1) is 25.5 Å². The molecule has 0 radical (unpaired) electrons. The molecule has 0 aromatic heterocycles. The van der Waals surface area contributed by atoms with Gasteiger partial charge in [0.2, 0.25) is 0 Å². The second kappa shape index (κ2) is 7.95. The van der Waals surface area contributed by atoms with Crippen molar-refractivity contribution < 1.29 is 14.3 Å². The molecule has 0 aliphatic carbocycles. The maximum Gasteiger partial charge on any atom is 0.253 e. The monoisotopic (exact) mass is 276 g/mol. The van der Waals surface area contributed by atoms with Crippen LogP contribution in [0.1, 0.15) is 29.6 Å². The minimum Gasteiger partial charge on any atom is -0.497 e. The Balaban J connectivity index is 2.74. The molecular formula is C15H20N2O3. The molecule has 0 atom stereocenters. The van der Waals surface area contributed by atoms with Gasteiger partial charge >= 0.3 is 0 Å². The number of carbonyl (C=O) groups is 1. The molecule has 0 aliphatic heterocycles. The van der Waals surface area contributed by atoms with Crippen molar-refractivity contribution in [3.63, 3.8) is 0 Å². The van der Waals surface area contributed by atoms with E-state index in [1.807, 2.05) is 0 Å². The summed E-state index contributed by atoms with van der Waals surface area (Å²) in [7, 11) is 3.01. The van der Waals surface area contributed by atoms with Crippen molar-refractivity contribution in [3.8, 4) is 23.8 Å². The predicted octanol–water partition coefficient (Wildman–Crippen LogP) is 1.82. The first-order valence-corrected chi connectivity index (χ1v) is 6.37. The molecule has 1 aromatic rings. The number of hydrogen-bond acceptors (Lipinski definition) is 4. The molecule has 108 valence electrons. The highest BCUT2D eigenvalue weighted by Gasteiger charge is 2.15. The fourth-order valence-electron chi connectivity index (χ4n) is 1.73. The quantitative estimate of drug-likeness (QED) is 0.452. The number of methoxy groups -OCH3 is 2. The molecule has 0 unspecified atom stereocenters. The zero-order valence-corrected chi connectivity index (χ0v) is 11.9. The van der Waals surface area contributed by atoms with Crippen molar-refractivity contribution in [2.24, 2.45) is 0 Å². The van der Waals surface area contributed by atoms with Gasteiger partial charge in [0, 0.05) is 19.0 Å². The molecule has 0 fully saturated rings. The molecule has 1 amide bonds. The summed E-state index contributed by atoms with van der Waals surface area (Å²) < 4.78 is 10.3. The molecule has 0 spiro atoms. The fourth-order valence-corrected chi connectivity index (χ4v) is 1.73. The van der Waals surface area contributed by atoms with E-state index in [0.29, 0.717) is 35.7 Å². The van der Waals surface area contributed by atoms with Crippen LogP contribution in [-0.2, 0) is 0 Å². The summed E-state index contributed by atoms with van der Waals surface area (Å²) in [5.74, 6) is 3.25. The lowest BCUT2D eigenvalue weighted by atomic mass is 10.1. The molecule has 5 heteroatoms. The number of amides is 1. The van der Waals surface area contributed by atoms with Crippen LogP contribution >= 0.6 is 0 Å². The predicted molar refractivity (Wildman–Crippen MR) is 79.0 cm³/mol. The molecular weight excluding hydrogens is 256 g/mol. The Labute approximate surface area is 119 Å². The zero-order valence-electron chi connectivity index (χ0n) is 11.9. The van der Waals surface area contributed by atoms with E-state index in [4.69, 9.17) is 21.6 Å². The Bertz CT molecular complexity index is 507. The van der Waals surface area contributed by atoms with E-state index in [-0.39, 0.29) is 5.91 Å². The highest BCUT2D eigenvalue weighted by Crippen LogP contribution is 2.30. The first-order chi connectivity index (χ1) is 9.63. The number of nitrogens with two attached hydrogens (primary N) is 1. The van der Waals surface area contributed by atoms with Crippen molar-refractivity contribution >= 4 is 11.6 Å². The van der Waals surface area contributed by atoms with Gasteiger partial charge < -0.3 is 20.5 Å². The van der Waals surface area contributed by atoms with Crippen molar-refractivity contribution in [2.45, 2.75) is 19.3 Å². The molecule has 20 heavy (non-hydrogen) atoms. The smallest absolute Gasteiger partial charge is 0.253 e. The third kappa shape index (κ3) is 4.09. The van der Waals surface area contributed by atoms with E-state index in [1.165, 1.54) is 14.2 Å². The topological polar surface area (TPSA) is 73.6 Å². The Morgan fingerprint density at radius 1 is 1.35 bits per heavy atom. The number of rotatable bonds is 7. The van der Waals surface area contributed by atoms with Gasteiger partial charge in [-0.1, -0.05) is 0 Å². The summed E-state index contributed by atoms with van der Waals surface area (Å²) >= 11 is 0. The van der Waals surface area contributed by atoms with Gasteiger partial charge in [-0.05, 0) is 18.9 Å². The van der Waals surface area contributed by atoms with Crippen LogP contribution in [0.2, 0.25) is 0 Å². The average Bonchev–Trinajstić information content (AvgIpc) is 2.47. The molecule has 1 aromatic carbocycles. The van der Waals surface area contributed by atoms with Gasteiger partial charge in [0.15, 0.2) is 0 Å². The Kier molecular flexibility index (Phi) is 6.24. The molecule has 0 heterocycles. The Morgan fingerprint density at radius 2 is 2.10 bits per heavy atom. The molecule has 3 N–H and O–H groups in total. The van der Waals surface area contributed by atoms with Crippen LogP contribution in [0.4, 0.5) is 5.69 Å². The van der Waals surface area contributed by atoms with E-state index in [2.05, 4.69) is 11.2 Å². The number of nitrogens with one attached hydrogen (secondary N) is 1. The summed E-state index contributed by atoms with van der Waals surface area (Å²) in [4.78, 5) is 12.1. The molecule has 0 saturated heterocycles. The maximum absolute atomic E-state index is 12.1. The van der Waals surface area contributed by atoms with Crippen molar-refractivity contribution in [1.82, 2.24) is 5.32 Å². The highest BCUT2D eigenvalue weighted by molar-refractivity contribution is 6.00. The van der Waals surface area contributed by atoms with Gasteiger partial charge in [0.1, 0.15) is 11.5 Å². The van der Waals surface area contributed by atoms with Crippen LogP contribution < -0.4 is 20.5 Å². The Hall–Kier alpha value is -2.35. The minimum atomic E-state index is -0.250. The van der Waals surface area contributed by atoms with Crippen LogP contribution in [0.3, 0.4) is 0 Å². The maximum atomic E-state index is 12.1. The van der Waals surface area contributed by atoms with E-state index >= 15 is 0 Å². The van der Waals surface area contributed by atoms with Crippen molar-refractivity contribution in [1.29, 1.82) is 0 Å². The number of benzene rings is 1. The van der Waals surface area contributed by atoms with Crippen LogP contribution in [0, 0.1) is 12.3 Å². The molecule has 0 aliphatic rings. The van der Waals surface area contributed by atoms with Gasteiger partial charge in [-0.3, -0.25) is 4.79 Å². The van der Waals surface area contributed by atoms with E-state index in [1.54, 1.807) is 12.1 Å². The first kappa shape index (κ1) is 15.7. The van der Waals surface area contributed by atoms with E-state index in [9.17, 15) is 4.79 Å². The molecule has 5 nitrogen and oxygen atoms in total. The number of anilines is 1. The number of nitrogen functional groups attached to an aromatic ring is 1. The van der Waals surface area contributed by atoms with Crippen LogP contribution in [0.5, 0.6) is 11.5 Å². The highest BCUT2D eigenvalue weighted by atomic mass is 16.5. The normalized spacial score (nSPS) is 9.65. The third-order valence-electron chi connectivity index (χ3n) is 2.85. The fraction of sp³-hybridized carbons (Fsp3) is 0.400. The second-order valence-corrected chi connectivity index (χ2v) is 4.21. The van der Waals surface area contributed by atoms with Crippen molar-refractivity contribution in [3.05, 3.63) is 17.7 Å². The van der Waals surface area contributed by atoms with Crippen molar-refractivity contribution in [2.75, 3.05) is 26.5 Å². The zero-order chi connectivity index (χ0) is 15.0. The van der Waals surface area contributed by atoms with Gasteiger partial charge in [-0.15, -0.1) is 12.3 Å². The summed E-state index contributed by atoms with van der Waals surface area (Å²) in [6.07, 6.45) is 7.59. The summed E-state index contributed by atoms with van der Waals surface area (Å²) in [5.41, 5.74) is 6.55. The standard InChI is InChI=1S/C15H20N2O3/c1-4-5-6-7-8-17-15(18)12-9-11(19-2)10-13(20-3)14(12)16/h1,9-10H,5-8,16H2,2-3H3,(H,17,18). The number of carbonyl (C=O) groups excluding carboxylic acids is 1. The lowest BCUT2D eigenvalue weighted by Gasteiger charge is -2.12. The average molecular weight is 276 g/mol. The first-order valence-electron chi connectivity index (χ1n) is 6.37. The van der Waals surface area contributed by atoms with Crippen LogP contribution in [-0.4, -0.2) is 26.7 Å². The van der Waals surface area contributed by atoms with Gasteiger partial charge in [-0.2, -0.15) is 0 Å². The molecule has 0 saturated carbocycles. The number of hydrogen-bond donors (Lipinski definition) is 2. The van der Waals surface area contributed by atoms with Crippen LogP contribution in [0.25, 0.3) is 0 Å². The number of unbranched alkanes of at least 4 members (excludes halogenated alkanes) is 2. The Morgan fingerprint density at radius 3 is 2.70 bits per heavy atom. The van der Waals surface area contributed by atoms with E-state index in [0.717, 1.165) is 12.8 Å². The number of ether oxygens (including phenoxy) is 2.